The molecule has 19 heavy (non-hydrogen) atoms. The van der Waals surface area contributed by atoms with Gasteiger partial charge in [0.2, 0.25) is 5.91 Å². The first-order valence-corrected chi connectivity index (χ1v) is 5.99. The molecule has 2 aromatic carbocycles. The lowest BCUT2D eigenvalue weighted by molar-refractivity contribution is -0.122. The van der Waals surface area contributed by atoms with Gasteiger partial charge in [-0.3, -0.25) is 4.79 Å². The molecule has 2 rings (SSSR count). The van der Waals surface area contributed by atoms with Gasteiger partial charge in [0, 0.05) is 6.54 Å². The molecule has 0 aliphatic rings. The Bertz CT molecular complexity index is 557. The number of nitrogens with one attached hydrogen (secondary N) is 1. The summed E-state index contributed by atoms with van der Waals surface area (Å²) in [5.74, 6) is -0.602. The monoisotopic (exact) mass is 258 g/mol. The normalized spacial score (nSPS) is 11.9. The second kappa shape index (κ2) is 6.11. The molecule has 0 saturated carbocycles. The summed E-state index contributed by atoms with van der Waals surface area (Å²) in [6.07, 6.45) is 0. The molecule has 3 N–H and O–H groups in total. The van der Waals surface area contributed by atoms with E-state index >= 15 is 0 Å². The molecule has 2 aromatic rings. The number of hydrogen-bond acceptors (Lipinski definition) is 2. The highest BCUT2D eigenvalue weighted by molar-refractivity contribution is 5.82. The molecule has 1 unspecified atom stereocenters. The Labute approximate surface area is 111 Å². The Morgan fingerprint density at radius 2 is 1.89 bits per heavy atom. The van der Waals surface area contributed by atoms with E-state index in [1.807, 2.05) is 18.2 Å². The van der Waals surface area contributed by atoms with E-state index in [0.29, 0.717) is 5.56 Å². The highest BCUT2D eigenvalue weighted by atomic mass is 19.1. The SMILES string of the molecule is NC(C(=O)NCc1cccc(F)c1)c1ccccc1. The van der Waals surface area contributed by atoms with E-state index in [4.69, 9.17) is 5.73 Å². The third-order valence-corrected chi connectivity index (χ3v) is 2.80. The van der Waals surface area contributed by atoms with Gasteiger partial charge in [-0.2, -0.15) is 0 Å². The lowest BCUT2D eigenvalue weighted by atomic mass is 10.1. The summed E-state index contributed by atoms with van der Waals surface area (Å²) in [4.78, 5) is 11.9. The van der Waals surface area contributed by atoms with E-state index in [1.54, 1.807) is 24.3 Å². The zero-order valence-electron chi connectivity index (χ0n) is 10.3. The fraction of sp³-hybridized carbons (Fsp3) is 0.133. The van der Waals surface area contributed by atoms with Crippen LogP contribution in [0.3, 0.4) is 0 Å². The maximum absolute atomic E-state index is 13.0. The van der Waals surface area contributed by atoms with Crippen molar-refractivity contribution in [3.05, 3.63) is 71.5 Å². The second-order valence-corrected chi connectivity index (χ2v) is 4.24. The van der Waals surface area contributed by atoms with Crippen molar-refractivity contribution in [1.29, 1.82) is 0 Å². The maximum Gasteiger partial charge on any atom is 0.241 e. The first-order valence-electron chi connectivity index (χ1n) is 5.99. The van der Waals surface area contributed by atoms with Crippen molar-refractivity contribution in [3.63, 3.8) is 0 Å². The quantitative estimate of drug-likeness (QED) is 0.882. The second-order valence-electron chi connectivity index (χ2n) is 4.24. The minimum atomic E-state index is -0.713. The van der Waals surface area contributed by atoms with Gasteiger partial charge in [-0.05, 0) is 23.3 Å². The number of halogens is 1. The molecular weight excluding hydrogens is 243 g/mol. The van der Waals surface area contributed by atoms with Crippen LogP contribution in [0, 0.1) is 5.82 Å². The molecule has 1 amide bonds. The molecule has 0 fully saturated rings. The number of rotatable bonds is 4. The molecule has 3 nitrogen and oxygen atoms in total. The average molecular weight is 258 g/mol. The lowest BCUT2D eigenvalue weighted by Crippen LogP contribution is -2.33. The summed E-state index contributed by atoms with van der Waals surface area (Å²) >= 11 is 0. The van der Waals surface area contributed by atoms with Crippen LogP contribution >= 0.6 is 0 Å². The van der Waals surface area contributed by atoms with Crippen LogP contribution < -0.4 is 11.1 Å². The Morgan fingerprint density at radius 1 is 1.16 bits per heavy atom. The van der Waals surface area contributed by atoms with Crippen molar-refractivity contribution in [3.8, 4) is 0 Å². The fourth-order valence-corrected chi connectivity index (χ4v) is 1.76. The first kappa shape index (κ1) is 13.2. The average Bonchev–Trinajstić information content (AvgIpc) is 2.45. The molecular formula is C15H15FN2O. The van der Waals surface area contributed by atoms with Crippen LogP contribution in [0.15, 0.2) is 54.6 Å². The van der Waals surface area contributed by atoms with Crippen molar-refractivity contribution in [2.45, 2.75) is 12.6 Å². The molecule has 0 bridgehead atoms. The largest absolute Gasteiger partial charge is 0.350 e. The minimum absolute atomic E-state index is 0.261. The summed E-state index contributed by atoms with van der Waals surface area (Å²) < 4.78 is 13.0. The van der Waals surface area contributed by atoms with Gasteiger partial charge >= 0.3 is 0 Å². The summed E-state index contributed by atoms with van der Waals surface area (Å²) in [6, 6.07) is 14.5. The smallest absolute Gasteiger partial charge is 0.241 e. The topological polar surface area (TPSA) is 55.1 Å². The summed E-state index contributed by atoms with van der Waals surface area (Å²) in [5.41, 5.74) is 7.30. The number of carbonyl (C=O) groups excluding carboxylic acids is 1. The van der Waals surface area contributed by atoms with E-state index in [2.05, 4.69) is 5.32 Å². The van der Waals surface area contributed by atoms with Crippen molar-refractivity contribution in [2.24, 2.45) is 5.73 Å². The van der Waals surface area contributed by atoms with E-state index < -0.39 is 6.04 Å². The summed E-state index contributed by atoms with van der Waals surface area (Å²) in [5, 5.41) is 2.69. The molecule has 0 radical (unpaired) electrons. The van der Waals surface area contributed by atoms with Gasteiger partial charge in [-0.1, -0.05) is 42.5 Å². The van der Waals surface area contributed by atoms with Gasteiger partial charge in [-0.25, -0.2) is 4.39 Å². The van der Waals surface area contributed by atoms with Crippen LogP contribution in [-0.4, -0.2) is 5.91 Å². The van der Waals surface area contributed by atoms with Crippen LogP contribution in [-0.2, 0) is 11.3 Å². The number of carbonyl (C=O) groups is 1. The summed E-state index contributed by atoms with van der Waals surface area (Å²) in [7, 11) is 0. The predicted octanol–water partition coefficient (Wildman–Crippen LogP) is 2.14. The zero-order chi connectivity index (χ0) is 13.7. The van der Waals surface area contributed by atoms with Crippen molar-refractivity contribution in [1.82, 2.24) is 5.32 Å². The first-order chi connectivity index (χ1) is 9.16. The third kappa shape index (κ3) is 3.63. The number of hydrogen-bond donors (Lipinski definition) is 2. The number of amides is 1. The standard InChI is InChI=1S/C15H15FN2O/c16-13-8-4-5-11(9-13)10-18-15(19)14(17)12-6-2-1-3-7-12/h1-9,14H,10,17H2,(H,18,19). The van der Waals surface area contributed by atoms with Gasteiger partial charge in [0.1, 0.15) is 11.9 Å². The molecule has 0 aliphatic heterocycles. The Hall–Kier alpha value is -2.20. The Kier molecular flexibility index (Phi) is 4.26. The molecule has 1 atom stereocenters. The molecule has 0 heterocycles. The molecule has 4 heteroatoms. The highest BCUT2D eigenvalue weighted by Gasteiger charge is 2.14. The van der Waals surface area contributed by atoms with Crippen LogP contribution in [0.2, 0.25) is 0 Å². The summed E-state index contributed by atoms with van der Waals surface area (Å²) in [6.45, 7) is 0.261. The van der Waals surface area contributed by atoms with Crippen LogP contribution in [0.4, 0.5) is 4.39 Å². The van der Waals surface area contributed by atoms with E-state index in [0.717, 1.165) is 5.56 Å². The fourth-order valence-electron chi connectivity index (χ4n) is 1.76. The zero-order valence-corrected chi connectivity index (χ0v) is 10.3. The lowest BCUT2D eigenvalue weighted by Gasteiger charge is -2.12. The van der Waals surface area contributed by atoms with Crippen LogP contribution in [0.1, 0.15) is 17.2 Å². The van der Waals surface area contributed by atoms with Crippen molar-refractivity contribution >= 4 is 5.91 Å². The molecule has 0 aromatic heterocycles. The van der Waals surface area contributed by atoms with Gasteiger partial charge in [0.25, 0.3) is 0 Å². The minimum Gasteiger partial charge on any atom is -0.350 e. The van der Waals surface area contributed by atoms with E-state index in [-0.39, 0.29) is 18.3 Å². The van der Waals surface area contributed by atoms with Gasteiger partial charge in [0.15, 0.2) is 0 Å². The maximum atomic E-state index is 13.0. The third-order valence-electron chi connectivity index (χ3n) is 2.80. The van der Waals surface area contributed by atoms with Gasteiger partial charge in [-0.15, -0.1) is 0 Å². The molecule has 0 spiro atoms. The van der Waals surface area contributed by atoms with Gasteiger partial charge in [0.05, 0.1) is 0 Å². The number of nitrogens with two attached hydrogens (primary N) is 1. The predicted molar refractivity (Wildman–Crippen MR) is 71.6 cm³/mol. The Balaban J connectivity index is 1.95. The van der Waals surface area contributed by atoms with Crippen LogP contribution in [0.5, 0.6) is 0 Å². The van der Waals surface area contributed by atoms with Crippen LogP contribution in [0.25, 0.3) is 0 Å². The Morgan fingerprint density at radius 3 is 2.58 bits per heavy atom. The van der Waals surface area contributed by atoms with Crippen molar-refractivity contribution in [2.75, 3.05) is 0 Å². The van der Waals surface area contributed by atoms with Crippen molar-refractivity contribution < 1.29 is 9.18 Å². The van der Waals surface area contributed by atoms with Gasteiger partial charge < -0.3 is 11.1 Å². The molecule has 98 valence electrons. The number of benzene rings is 2. The highest BCUT2D eigenvalue weighted by Crippen LogP contribution is 2.10. The molecule has 0 saturated heterocycles. The van der Waals surface area contributed by atoms with E-state index in [1.165, 1.54) is 12.1 Å². The van der Waals surface area contributed by atoms with E-state index in [9.17, 15) is 9.18 Å². The molecule has 0 aliphatic carbocycles.